The van der Waals surface area contributed by atoms with E-state index in [2.05, 4.69) is 5.32 Å². The fourth-order valence-electron chi connectivity index (χ4n) is 4.03. The van der Waals surface area contributed by atoms with Gasteiger partial charge in [0.15, 0.2) is 0 Å². The first-order valence-electron chi connectivity index (χ1n) is 11.7. The van der Waals surface area contributed by atoms with Gasteiger partial charge in [0.1, 0.15) is 0 Å². The second-order valence-electron chi connectivity index (χ2n) is 9.05. The van der Waals surface area contributed by atoms with Gasteiger partial charge in [-0.3, -0.25) is 4.79 Å². The van der Waals surface area contributed by atoms with E-state index in [0.29, 0.717) is 32.6 Å². The fraction of sp³-hybridized carbons (Fsp3) is 0.667. The lowest BCUT2D eigenvalue weighted by molar-refractivity contribution is -0.139. The highest BCUT2D eigenvalue weighted by atomic mass is 19.4. The molecule has 11 heteroatoms. The van der Waals surface area contributed by atoms with Crippen molar-refractivity contribution in [1.82, 2.24) is 9.80 Å². The quantitative estimate of drug-likeness (QED) is 0.510. The molecule has 0 bridgehead atoms. The van der Waals surface area contributed by atoms with Crippen molar-refractivity contribution in [2.24, 2.45) is 11.8 Å². The summed E-state index contributed by atoms with van der Waals surface area (Å²) in [6, 6.07) is 3.04. The van der Waals surface area contributed by atoms with Crippen LogP contribution in [0.3, 0.4) is 0 Å². The van der Waals surface area contributed by atoms with Gasteiger partial charge in [0, 0.05) is 58.0 Å². The first-order valence-corrected chi connectivity index (χ1v) is 11.7. The first kappa shape index (κ1) is 28.9. The zero-order chi connectivity index (χ0) is 26.2. The number of aliphatic hydroxyl groups is 1. The standard InChI is InChI=1S/C24H36F3N3O5/c1-16(21(34-4)14-29(3)22(32)18-9-11-35-12-10-18)13-30(17(2)15-31)23(33)28-20-7-5-19(6-8-20)24(25,26)27/h5-8,16-18,21,31H,9-15H2,1-4H3,(H,28,33)/t16-,17+,21+/m0/s1. The minimum Gasteiger partial charge on any atom is -0.394 e. The van der Waals surface area contributed by atoms with Gasteiger partial charge in [-0.25, -0.2) is 4.79 Å². The summed E-state index contributed by atoms with van der Waals surface area (Å²) in [6.45, 7) is 4.91. The van der Waals surface area contributed by atoms with Crippen LogP contribution in [0.1, 0.15) is 32.3 Å². The van der Waals surface area contributed by atoms with Crippen LogP contribution in [0.2, 0.25) is 0 Å². The molecule has 3 amide bonds. The van der Waals surface area contributed by atoms with E-state index in [1.807, 2.05) is 6.92 Å². The predicted molar refractivity (Wildman–Crippen MR) is 125 cm³/mol. The summed E-state index contributed by atoms with van der Waals surface area (Å²) in [5, 5.41) is 12.3. The molecule has 0 aliphatic carbocycles. The largest absolute Gasteiger partial charge is 0.416 e. The summed E-state index contributed by atoms with van der Waals surface area (Å²) in [5.74, 6) is -0.262. The third-order valence-corrected chi connectivity index (χ3v) is 6.34. The van der Waals surface area contributed by atoms with Crippen LogP contribution in [0.5, 0.6) is 0 Å². The first-order chi connectivity index (χ1) is 16.5. The van der Waals surface area contributed by atoms with E-state index in [1.54, 1.807) is 18.9 Å². The lowest BCUT2D eigenvalue weighted by atomic mass is 9.97. The van der Waals surface area contributed by atoms with Crippen molar-refractivity contribution in [2.75, 3.05) is 52.4 Å². The molecule has 0 radical (unpaired) electrons. The number of nitrogens with one attached hydrogen (secondary N) is 1. The zero-order valence-electron chi connectivity index (χ0n) is 20.7. The molecular formula is C24H36F3N3O5. The highest BCUT2D eigenvalue weighted by Gasteiger charge is 2.31. The number of nitrogens with zero attached hydrogens (tertiary/aromatic N) is 2. The summed E-state index contributed by atoms with van der Waals surface area (Å²) in [5.41, 5.74) is -0.608. The second kappa shape index (κ2) is 13.1. The Balaban J connectivity index is 2.03. The maximum absolute atomic E-state index is 12.9. The van der Waals surface area contributed by atoms with Gasteiger partial charge in [0.25, 0.3) is 0 Å². The number of carbonyl (C=O) groups excluding carboxylic acids is 2. The molecule has 1 saturated heterocycles. The smallest absolute Gasteiger partial charge is 0.394 e. The van der Waals surface area contributed by atoms with Crippen LogP contribution in [-0.4, -0.2) is 86.1 Å². The molecule has 198 valence electrons. The molecule has 0 unspecified atom stereocenters. The molecule has 1 fully saturated rings. The van der Waals surface area contributed by atoms with Crippen molar-refractivity contribution in [3.8, 4) is 0 Å². The summed E-state index contributed by atoms with van der Waals surface area (Å²) < 4.78 is 49.3. The molecule has 0 spiro atoms. The van der Waals surface area contributed by atoms with Crippen LogP contribution in [0, 0.1) is 11.8 Å². The van der Waals surface area contributed by atoms with Crippen LogP contribution in [-0.2, 0) is 20.4 Å². The monoisotopic (exact) mass is 503 g/mol. The average Bonchev–Trinajstić information content (AvgIpc) is 2.84. The number of aliphatic hydroxyl groups excluding tert-OH is 1. The Bertz CT molecular complexity index is 816. The Kier molecular flexibility index (Phi) is 10.8. The van der Waals surface area contributed by atoms with E-state index >= 15 is 0 Å². The van der Waals surface area contributed by atoms with Gasteiger partial charge in [0.2, 0.25) is 5.91 Å². The van der Waals surface area contributed by atoms with Crippen LogP contribution < -0.4 is 5.32 Å². The Morgan fingerprint density at radius 3 is 2.29 bits per heavy atom. The molecule has 0 aromatic heterocycles. The van der Waals surface area contributed by atoms with Crippen LogP contribution >= 0.6 is 0 Å². The molecule has 2 N–H and O–H groups in total. The predicted octanol–water partition coefficient (Wildman–Crippen LogP) is 3.46. The number of hydrogen-bond donors (Lipinski definition) is 2. The zero-order valence-corrected chi connectivity index (χ0v) is 20.7. The molecule has 1 aliphatic heterocycles. The molecule has 1 aromatic rings. The second-order valence-corrected chi connectivity index (χ2v) is 9.05. The van der Waals surface area contributed by atoms with Gasteiger partial charge < -0.3 is 29.7 Å². The Morgan fingerprint density at radius 1 is 1.17 bits per heavy atom. The van der Waals surface area contributed by atoms with Gasteiger partial charge in [-0.1, -0.05) is 6.92 Å². The number of alkyl halides is 3. The van der Waals surface area contributed by atoms with E-state index in [-0.39, 0.29) is 42.7 Å². The molecular weight excluding hydrogens is 467 g/mol. The Labute approximate surface area is 204 Å². The van der Waals surface area contributed by atoms with E-state index in [4.69, 9.17) is 9.47 Å². The summed E-state index contributed by atoms with van der Waals surface area (Å²) in [7, 11) is 3.26. The van der Waals surface area contributed by atoms with Gasteiger partial charge in [-0.2, -0.15) is 13.2 Å². The number of amides is 3. The molecule has 1 aliphatic rings. The summed E-state index contributed by atoms with van der Waals surface area (Å²) in [4.78, 5) is 28.8. The number of benzene rings is 1. The number of urea groups is 1. The molecule has 2 rings (SSSR count). The average molecular weight is 504 g/mol. The maximum Gasteiger partial charge on any atom is 0.416 e. The van der Waals surface area contributed by atoms with Gasteiger partial charge in [-0.15, -0.1) is 0 Å². The number of hydrogen-bond acceptors (Lipinski definition) is 5. The topological polar surface area (TPSA) is 91.3 Å². The Morgan fingerprint density at radius 2 is 1.77 bits per heavy atom. The van der Waals surface area contributed by atoms with Crippen molar-refractivity contribution in [3.05, 3.63) is 29.8 Å². The fourth-order valence-corrected chi connectivity index (χ4v) is 4.03. The van der Waals surface area contributed by atoms with Crippen LogP contribution in [0.15, 0.2) is 24.3 Å². The number of anilines is 1. The SMILES string of the molecule is CO[C@H](CN(C)C(=O)C1CCOCC1)[C@@H](C)CN(C(=O)Nc1ccc(C(F)(F)F)cc1)[C@H](C)CO. The minimum absolute atomic E-state index is 0.0307. The van der Waals surface area contributed by atoms with E-state index in [0.717, 1.165) is 12.1 Å². The molecule has 8 nitrogen and oxygen atoms in total. The van der Waals surface area contributed by atoms with Crippen molar-refractivity contribution >= 4 is 17.6 Å². The van der Waals surface area contributed by atoms with E-state index < -0.39 is 23.8 Å². The highest BCUT2D eigenvalue weighted by Crippen LogP contribution is 2.30. The Hall–Kier alpha value is -2.37. The van der Waals surface area contributed by atoms with Crippen molar-refractivity contribution in [3.63, 3.8) is 0 Å². The summed E-state index contributed by atoms with van der Waals surface area (Å²) >= 11 is 0. The van der Waals surface area contributed by atoms with Crippen molar-refractivity contribution in [1.29, 1.82) is 0 Å². The van der Waals surface area contributed by atoms with Gasteiger partial charge in [0.05, 0.1) is 24.3 Å². The minimum atomic E-state index is -4.47. The summed E-state index contributed by atoms with van der Waals surface area (Å²) in [6.07, 6.45) is -3.48. The molecule has 0 saturated carbocycles. The number of carbonyl (C=O) groups is 2. The number of halogens is 3. The van der Waals surface area contributed by atoms with Crippen LogP contribution in [0.25, 0.3) is 0 Å². The molecule has 1 aromatic carbocycles. The molecule has 1 heterocycles. The van der Waals surface area contributed by atoms with E-state index in [1.165, 1.54) is 24.1 Å². The number of rotatable bonds is 10. The number of methoxy groups -OCH3 is 1. The highest BCUT2D eigenvalue weighted by molar-refractivity contribution is 5.89. The number of ether oxygens (including phenoxy) is 2. The third-order valence-electron chi connectivity index (χ3n) is 6.34. The maximum atomic E-state index is 12.9. The lowest BCUT2D eigenvalue weighted by Crippen LogP contribution is -2.49. The molecule has 3 atom stereocenters. The van der Waals surface area contributed by atoms with E-state index in [9.17, 15) is 27.9 Å². The van der Waals surface area contributed by atoms with Crippen molar-refractivity contribution < 1.29 is 37.3 Å². The third kappa shape index (κ3) is 8.36. The molecule has 35 heavy (non-hydrogen) atoms. The normalized spacial score (nSPS) is 17.4. The van der Waals surface area contributed by atoms with Crippen molar-refractivity contribution in [2.45, 2.75) is 45.0 Å². The number of likely N-dealkylation sites (N-methyl/N-ethyl adjacent to an activating group) is 1. The van der Waals surface area contributed by atoms with Crippen LogP contribution in [0.4, 0.5) is 23.7 Å². The van der Waals surface area contributed by atoms with Gasteiger partial charge >= 0.3 is 12.2 Å². The van der Waals surface area contributed by atoms with Gasteiger partial charge in [-0.05, 0) is 44.0 Å². The lowest BCUT2D eigenvalue weighted by Gasteiger charge is -2.35.